The minimum atomic E-state index is -1.21. The number of carboxylic acids is 1. The molecule has 4 N–H and O–H groups in total. The Morgan fingerprint density at radius 3 is 2.21 bits per heavy atom. The summed E-state index contributed by atoms with van der Waals surface area (Å²) in [6.45, 7) is 0. The van der Waals surface area contributed by atoms with Crippen molar-refractivity contribution < 1.29 is 33.6 Å². The third-order valence-corrected chi connectivity index (χ3v) is 5.64. The SMILES string of the molecule is COc1ccc(-c2csnc2-c2cc(OC)c(OC)c(OC)c2)cc1NC(=O)[C@H](N)CC(=O)O. The van der Waals surface area contributed by atoms with Crippen molar-refractivity contribution >= 4 is 29.1 Å². The van der Waals surface area contributed by atoms with E-state index in [1.54, 1.807) is 24.3 Å². The van der Waals surface area contributed by atoms with E-state index in [1.165, 1.54) is 40.0 Å². The van der Waals surface area contributed by atoms with Gasteiger partial charge in [0.05, 0.1) is 52.3 Å². The van der Waals surface area contributed by atoms with Gasteiger partial charge in [-0.05, 0) is 41.4 Å². The summed E-state index contributed by atoms with van der Waals surface area (Å²) in [6.07, 6.45) is -0.492. The molecule has 34 heavy (non-hydrogen) atoms. The van der Waals surface area contributed by atoms with Gasteiger partial charge in [-0.3, -0.25) is 9.59 Å². The van der Waals surface area contributed by atoms with Crippen LogP contribution >= 0.6 is 11.5 Å². The number of aliphatic carboxylic acids is 1. The highest BCUT2D eigenvalue weighted by Crippen LogP contribution is 2.44. The zero-order valence-corrected chi connectivity index (χ0v) is 19.9. The Morgan fingerprint density at radius 2 is 1.65 bits per heavy atom. The fraction of sp³-hybridized carbons (Fsp3) is 0.261. The van der Waals surface area contributed by atoms with Crippen LogP contribution in [0.3, 0.4) is 0 Å². The van der Waals surface area contributed by atoms with Crippen LogP contribution in [0.15, 0.2) is 35.7 Å². The molecular weight excluding hydrogens is 462 g/mol. The Bertz CT molecular complexity index is 1170. The molecule has 11 heteroatoms. The molecule has 0 bridgehead atoms. The second kappa shape index (κ2) is 10.9. The monoisotopic (exact) mass is 487 g/mol. The van der Waals surface area contributed by atoms with Crippen LogP contribution in [0.5, 0.6) is 23.0 Å². The van der Waals surface area contributed by atoms with E-state index in [9.17, 15) is 9.59 Å². The number of rotatable bonds is 10. The predicted molar refractivity (Wildman–Crippen MR) is 128 cm³/mol. The maximum atomic E-state index is 12.4. The summed E-state index contributed by atoms with van der Waals surface area (Å²) < 4.78 is 26.2. The second-order valence-corrected chi connectivity index (χ2v) is 7.73. The summed E-state index contributed by atoms with van der Waals surface area (Å²) in [7, 11) is 6.08. The summed E-state index contributed by atoms with van der Waals surface area (Å²) in [5.41, 5.74) is 9.02. The van der Waals surface area contributed by atoms with Gasteiger partial charge in [0, 0.05) is 16.5 Å². The van der Waals surface area contributed by atoms with Gasteiger partial charge in [-0.2, -0.15) is 4.37 Å². The van der Waals surface area contributed by atoms with E-state index in [4.69, 9.17) is 29.8 Å². The van der Waals surface area contributed by atoms with Crippen LogP contribution in [0.1, 0.15) is 6.42 Å². The zero-order valence-electron chi connectivity index (χ0n) is 19.1. The topological polar surface area (TPSA) is 142 Å². The van der Waals surface area contributed by atoms with E-state index in [0.717, 1.165) is 16.7 Å². The fourth-order valence-corrected chi connectivity index (χ4v) is 4.06. The molecule has 0 spiro atoms. The fourth-order valence-electron chi connectivity index (χ4n) is 3.35. The van der Waals surface area contributed by atoms with Gasteiger partial charge in [-0.15, -0.1) is 0 Å². The largest absolute Gasteiger partial charge is 0.495 e. The Kier molecular flexibility index (Phi) is 7.92. The number of anilines is 1. The number of benzene rings is 2. The molecule has 0 aliphatic rings. The number of hydrogen-bond donors (Lipinski definition) is 3. The van der Waals surface area contributed by atoms with Crippen molar-refractivity contribution in [3.05, 3.63) is 35.7 Å². The maximum absolute atomic E-state index is 12.4. The first-order valence-electron chi connectivity index (χ1n) is 10.0. The van der Waals surface area contributed by atoms with E-state index in [0.29, 0.717) is 34.4 Å². The molecule has 1 heterocycles. The van der Waals surface area contributed by atoms with Crippen molar-refractivity contribution in [2.24, 2.45) is 5.73 Å². The van der Waals surface area contributed by atoms with E-state index in [-0.39, 0.29) is 0 Å². The van der Waals surface area contributed by atoms with Crippen LogP contribution in [0.2, 0.25) is 0 Å². The van der Waals surface area contributed by atoms with Gasteiger partial charge in [0.25, 0.3) is 0 Å². The number of ether oxygens (including phenoxy) is 4. The van der Waals surface area contributed by atoms with Gasteiger partial charge in [0.15, 0.2) is 11.5 Å². The quantitative estimate of drug-likeness (QED) is 0.393. The first-order valence-corrected chi connectivity index (χ1v) is 10.9. The number of hydrogen-bond acceptors (Lipinski definition) is 9. The number of nitrogens with zero attached hydrogens (tertiary/aromatic N) is 1. The highest BCUT2D eigenvalue weighted by atomic mass is 32.1. The summed E-state index contributed by atoms with van der Waals surface area (Å²) in [4.78, 5) is 23.3. The standard InChI is InChI=1S/C23H25N3O7S/c1-30-17-6-5-12(7-16(17)25-23(29)15(24)10-20(27)28)14-11-34-26-21(14)13-8-18(31-2)22(33-4)19(9-13)32-3/h5-9,11,15H,10,24H2,1-4H3,(H,25,29)(H,27,28)/t15-/m1/s1. The van der Waals surface area contributed by atoms with Crippen molar-refractivity contribution in [3.63, 3.8) is 0 Å². The predicted octanol–water partition coefficient (Wildman–Crippen LogP) is 3.25. The van der Waals surface area contributed by atoms with Crippen molar-refractivity contribution in [1.82, 2.24) is 4.37 Å². The van der Waals surface area contributed by atoms with Crippen molar-refractivity contribution in [2.45, 2.75) is 12.5 Å². The number of nitrogens with two attached hydrogens (primary N) is 1. The van der Waals surface area contributed by atoms with Crippen LogP contribution in [-0.4, -0.2) is 55.8 Å². The smallest absolute Gasteiger partial charge is 0.305 e. The highest BCUT2D eigenvalue weighted by Gasteiger charge is 2.21. The Balaban J connectivity index is 2.02. The first-order chi connectivity index (χ1) is 16.3. The molecule has 3 aromatic rings. The maximum Gasteiger partial charge on any atom is 0.305 e. The molecule has 0 fully saturated rings. The summed E-state index contributed by atoms with van der Waals surface area (Å²) in [5.74, 6) is 0.0560. The van der Waals surface area contributed by atoms with Gasteiger partial charge in [0.2, 0.25) is 11.7 Å². The van der Waals surface area contributed by atoms with E-state index in [2.05, 4.69) is 9.69 Å². The number of carbonyl (C=O) groups excluding carboxylic acids is 1. The third-order valence-electron chi connectivity index (χ3n) is 5.01. The number of nitrogens with one attached hydrogen (secondary N) is 1. The van der Waals surface area contributed by atoms with Gasteiger partial charge in [-0.25, -0.2) is 0 Å². The van der Waals surface area contributed by atoms with Crippen LogP contribution in [-0.2, 0) is 9.59 Å². The lowest BCUT2D eigenvalue weighted by molar-refractivity contribution is -0.138. The van der Waals surface area contributed by atoms with E-state index >= 15 is 0 Å². The van der Waals surface area contributed by atoms with Crippen molar-refractivity contribution in [1.29, 1.82) is 0 Å². The number of carbonyl (C=O) groups is 2. The molecule has 1 amide bonds. The minimum Gasteiger partial charge on any atom is -0.495 e. The second-order valence-electron chi connectivity index (χ2n) is 7.10. The average molecular weight is 488 g/mol. The number of carboxylic acid groups (broad SMARTS) is 1. The van der Waals surface area contributed by atoms with Crippen LogP contribution in [0, 0.1) is 0 Å². The summed E-state index contributed by atoms with van der Waals surface area (Å²) in [5, 5.41) is 13.4. The van der Waals surface area contributed by atoms with Gasteiger partial charge < -0.3 is 35.1 Å². The summed E-state index contributed by atoms with van der Waals surface area (Å²) in [6, 6.07) is 7.65. The molecule has 0 unspecified atom stereocenters. The molecule has 1 atom stereocenters. The Morgan fingerprint density at radius 1 is 1.00 bits per heavy atom. The zero-order chi connectivity index (χ0) is 24.8. The molecule has 0 radical (unpaired) electrons. The number of methoxy groups -OCH3 is 4. The molecule has 180 valence electrons. The Labute approximate surface area is 200 Å². The van der Waals surface area contributed by atoms with Crippen LogP contribution in [0.4, 0.5) is 5.69 Å². The van der Waals surface area contributed by atoms with Gasteiger partial charge in [-0.1, -0.05) is 6.07 Å². The van der Waals surface area contributed by atoms with Crippen LogP contribution in [0.25, 0.3) is 22.4 Å². The molecule has 2 aromatic carbocycles. The lowest BCUT2D eigenvalue weighted by Gasteiger charge is -2.15. The molecule has 1 aromatic heterocycles. The van der Waals surface area contributed by atoms with E-state index < -0.39 is 24.3 Å². The average Bonchev–Trinajstić information content (AvgIpc) is 3.32. The molecule has 0 saturated heterocycles. The first kappa shape index (κ1) is 24.8. The van der Waals surface area contributed by atoms with Gasteiger partial charge >= 0.3 is 5.97 Å². The summed E-state index contributed by atoms with van der Waals surface area (Å²) >= 11 is 1.27. The molecule has 10 nitrogen and oxygen atoms in total. The molecule has 3 rings (SSSR count). The molecule has 0 saturated carbocycles. The van der Waals surface area contributed by atoms with Crippen molar-refractivity contribution in [3.8, 4) is 45.4 Å². The third kappa shape index (κ3) is 5.21. The van der Waals surface area contributed by atoms with E-state index in [1.807, 2.05) is 11.4 Å². The number of aromatic nitrogens is 1. The van der Waals surface area contributed by atoms with Gasteiger partial charge in [0.1, 0.15) is 5.75 Å². The highest BCUT2D eigenvalue weighted by molar-refractivity contribution is 7.04. The minimum absolute atomic E-state index is 0.355. The lowest BCUT2D eigenvalue weighted by Crippen LogP contribution is -2.37. The normalized spacial score (nSPS) is 11.4. The molecule has 0 aliphatic heterocycles. The molecule has 0 aliphatic carbocycles. The van der Waals surface area contributed by atoms with Crippen LogP contribution < -0.4 is 30.0 Å². The Hall–Kier alpha value is -3.83. The van der Waals surface area contributed by atoms with Crippen molar-refractivity contribution in [2.75, 3.05) is 33.8 Å². The lowest BCUT2D eigenvalue weighted by atomic mass is 10.0. The molecular formula is C23H25N3O7S. The number of amides is 1.